The Hall–Kier alpha value is -1.61. The van der Waals surface area contributed by atoms with Crippen molar-refractivity contribution in [2.45, 2.75) is 26.8 Å². The highest BCUT2D eigenvalue weighted by Gasteiger charge is 2.20. The lowest BCUT2D eigenvalue weighted by molar-refractivity contribution is 0.426. The Balaban J connectivity index is 2.44. The third-order valence-electron chi connectivity index (χ3n) is 2.92. The summed E-state index contributed by atoms with van der Waals surface area (Å²) < 4.78 is 19.6. The molecule has 0 aliphatic rings. The largest absolute Gasteiger partial charge is 0.464 e. The van der Waals surface area contributed by atoms with E-state index in [1.165, 1.54) is 6.07 Å². The molecule has 0 bridgehead atoms. The van der Waals surface area contributed by atoms with Crippen LogP contribution in [0.25, 0.3) is 0 Å². The molecule has 0 saturated heterocycles. The lowest BCUT2D eigenvalue weighted by atomic mass is 10.0. The van der Waals surface area contributed by atoms with E-state index in [1.807, 2.05) is 39.0 Å². The van der Waals surface area contributed by atoms with E-state index in [4.69, 9.17) is 4.42 Å². The molecule has 1 atom stereocenters. The van der Waals surface area contributed by atoms with E-state index in [1.54, 1.807) is 6.07 Å². The molecule has 2 nitrogen and oxygen atoms in total. The highest BCUT2D eigenvalue weighted by Crippen LogP contribution is 2.26. The second-order valence-electron chi connectivity index (χ2n) is 4.46. The Morgan fingerprint density at radius 1 is 1.22 bits per heavy atom. The monoisotopic (exact) mass is 247 g/mol. The summed E-state index contributed by atoms with van der Waals surface area (Å²) in [4.78, 5) is 0. The van der Waals surface area contributed by atoms with E-state index >= 15 is 0 Å². The maximum atomic E-state index is 14.0. The first-order valence-corrected chi connectivity index (χ1v) is 6.17. The zero-order valence-corrected chi connectivity index (χ0v) is 11.0. The third kappa shape index (κ3) is 2.62. The van der Waals surface area contributed by atoms with Gasteiger partial charge in [0.15, 0.2) is 0 Å². The Morgan fingerprint density at radius 3 is 2.61 bits per heavy atom. The topological polar surface area (TPSA) is 25.2 Å². The predicted molar refractivity (Wildman–Crippen MR) is 70.1 cm³/mol. The van der Waals surface area contributed by atoms with Crippen LogP contribution in [0.15, 0.2) is 34.7 Å². The van der Waals surface area contributed by atoms with Crippen LogP contribution in [0.2, 0.25) is 0 Å². The minimum absolute atomic E-state index is 0.208. The van der Waals surface area contributed by atoms with E-state index in [0.29, 0.717) is 5.56 Å². The summed E-state index contributed by atoms with van der Waals surface area (Å²) in [6.45, 7) is 6.59. The molecule has 1 N–H and O–H groups in total. The van der Waals surface area contributed by atoms with Crippen LogP contribution in [0.4, 0.5) is 4.39 Å². The molecule has 18 heavy (non-hydrogen) atoms. The van der Waals surface area contributed by atoms with Gasteiger partial charge in [-0.05, 0) is 38.6 Å². The number of hydrogen-bond acceptors (Lipinski definition) is 2. The Labute approximate surface area is 107 Å². The summed E-state index contributed by atoms with van der Waals surface area (Å²) in [5.41, 5.74) is 1.67. The van der Waals surface area contributed by atoms with Crippen molar-refractivity contribution in [1.82, 2.24) is 5.32 Å². The second kappa shape index (κ2) is 5.36. The minimum atomic E-state index is -0.233. The average Bonchev–Trinajstić information content (AvgIpc) is 2.76. The van der Waals surface area contributed by atoms with Crippen molar-refractivity contribution >= 4 is 0 Å². The number of nitrogens with one attached hydrogen (secondary N) is 1. The Kier molecular flexibility index (Phi) is 3.82. The fraction of sp³-hybridized carbons (Fsp3) is 0.333. The quantitative estimate of drug-likeness (QED) is 0.890. The molecule has 0 fully saturated rings. The predicted octanol–water partition coefficient (Wildman–Crippen LogP) is 3.73. The zero-order valence-electron chi connectivity index (χ0n) is 11.0. The maximum absolute atomic E-state index is 14.0. The molecule has 1 aromatic carbocycles. The smallest absolute Gasteiger partial charge is 0.128 e. The summed E-state index contributed by atoms with van der Waals surface area (Å²) in [6.07, 6.45) is 0. The number of furan rings is 1. The van der Waals surface area contributed by atoms with E-state index < -0.39 is 0 Å². The van der Waals surface area contributed by atoms with Gasteiger partial charge in [0.25, 0.3) is 0 Å². The van der Waals surface area contributed by atoms with Crippen LogP contribution in [-0.2, 0) is 0 Å². The van der Waals surface area contributed by atoms with Gasteiger partial charge in [0.05, 0.1) is 6.04 Å². The van der Waals surface area contributed by atoms with Gasteiger partial charge < -0.3 is 9.73 Å². The lowest BCUT2D eigenvalue weighted by Gasteiger charge is -2.17. The molecule has 0 aliphatic carbocycles. The van der Waals surface area contributed by atoms with Gasteiger partial charge in [0.2, 0.25) is 0 Å². The molecule has 1 aromatic heterocycles. The minimum Gasteiger partial charge on any atom is -0.464 e. The normalized spacial score (nSPS) is 12.7. The van der Waals surface area contributed by atoms with Gasteiger partial charge in [-0.25, -0.2) is 4.39 Å². The molecular formula is C15H18FNO. The van der Waals surface area contributed by atoms with Crippen molar-refractivity contribution in [2.75, 3.05) is 6.54 Å². The molecule has 0 saturated carbocycles. The van der Waals surface area contributed by atoms with Gasteiger partial charge in [-0.15, -0.1) is 0 Å². The number of benzene rings is 1. The fourth-order valence-electron chi connectivity index (χ4n) is 2.06. The molecule has 1 heterocycles. The van der Waals surface area contributed by atoms with Crippen LogP contribution >= 0.6 is 0 Å². The van der Waals surface area contributed by atoms with Crippen molar-refractivity contribution in [3.63, 3.8) is 0 Å². The molecule has 96 valence electrons. The standard InChI is InChI=1S/C15H18FNO/c1-4-17-15(14-8-6-11(3)18-14)12-9-10(2)5-7-13(12)16/h5-9,15,17H,4H2,1-3H3. The first kappa shape index (κ1) is 12.8. The zero-order chi connectivity index (χ0) is 13.1. The van der Waals surface area contributed by atoms with Gasteiger partial charge in [-0.3, -0.25) is 0 Å². The summed E-state index contributed by atoms with van der Waals surface area (Å²) >= 11 is 0. The van der Waals surface area contributed by atoms with Crippen molar-refractivity contribution in [1.29, 1.82) is 0 Å². The van der Waals surface area contributed by atoms with E-state index in [2.05, 4.69) is 5.32 Å². The fourth-order valence-corrected chi connectivity index (χ4v) is 2.06. The van der Waals surface area contributed by atoms with Crippen LogP contribution in [0.3, 0.4) is 0 Å². The third-order valence-corrected chi connectivity index (χ3v) is 2.92. The SMILES string of the molecule is CCNC(c1ccc(C)o1)c1cc(C)ccc1F. The van der Waals surface area contributed by atoms with E-state index in [0.717, 1.165) is 23.6 Å². The van der Waals surface area contributed by atoms with E-state index in [-0.39, 0.29) is 11.9 Å². The Bertz CT molecular complexity index is 533. The van der Waals surface area contributed by atoms with Gasteiger partial charge in [0, 0.05) is 5.56 Å². The molecule has 0 aliphatic heterocycles. The van der Waals surface area contributed by atoms with Crippen LogP contribution in [0, 0.1) is 19.7 Å². The van der Waals surface area contributed by atoms with Gasteiger partial charge in [0.1, 0.15) is 17.3 Å². The molecule has 0 radical (unpaired) electrons. The summed E-state index contributed by atoms with van der Waals surface area (Å²) in [5, 5.41) is 3.26. The number of hydrogen-bond donors (Lipinski definition) is 1. The van der Waals surface area contributed by atoms with Gasteiger partial charge in [-0.2, -0.15) is 0 Å². The second-order valence-corrected chi connectivity index (χ2v) is 4.46. The van der Waals surface area contributed by atoms with Crippen LogP contribution < -0.4 is 5.32 Å². The number of aryl methyl sites for hydroxylation is 2. The Morgan fingerprint density at radius 2 is 2.00 bits per heavy atom. The summed E-state index contributed by atoms with van der Waals surface area (Å²) in [6, 6.07) is 8.70. The van der Waals surface area contributed by atoms with Crippen molar-refractivity contribution in [3.05, 3.63) is 58.8 Å². The van der Waals surface area contributed by atoms with Crippen LogP contribution in [0.1, 0.15) is 35.6 Å². The summed E-state index contributed by atoms with van der Waals surface area (Å²) in [5.74, 6) is 1.38. The van der Waals surface area contributed by atoms with E-state index in [9.17, 15) is 4.39 Å². The highest BCUT2D eigenvalue weighted by molar-refractivity contribution is 5.32. The maximum Gasteiger partial charge on any atom is 0.128 e. The summed E-state index contributed by atoms with van der Waals surface area (Å²) in [7, 11) is 0. The number of rotatable bonds is 4. The molecule has 0 spiro atoms. The number of halogens is 1. The van der Waals surface area contributed by atoms with Crippen LogP contribution in [0.5, 0.6) is 0 Å². The molecule has 1 unspecified atom stereocenters. The molecule has 3 heteroatoms. The molecule has 2 aromatic rings. The van der Waals surface area contributed by atoms with Crippen molar-refractivity contribution < 1.29 is 8.81 Å². The molecule has 0 amide bonds. The molecule has 2 rings (SSSR count). The first-order valence-electron chi connectivity index (χ1n) is 6.17. The molecular weight excluding hydrogens is 229 g/mol. The average molecular weight is 247 g/mol. The first-order chi connectivity index (χ1) is 8.61. The van der Waals surface area contributed by atoms with Crippen molar-refractivity contribution in [3.8, 4) is 0 Å². The van der Waals surface area contributed by atoms with Crippen molar-refractivity contribution in [2.24, 2.45) is 0 Å². The van der Waals surface area contributed by atoms with Crippen LogP contribution in [-0.4, -0.2) is 6.54 Å². The van der Waals surface area contributed by atoms with Gasteiger partial charge >= 0.3 is 0 Å². The highest BCUT2D eigenvalue weighted by atomic mass is 19.1. The lowest BCUT2D eigenvalue weighted by Crippen LogP contribution is -2.22. The van der Waals surface area contributed by atoms with Gasteiger partial charge in [-0.1, -0.05) is 24.6 Å².